The number of amides is 3. The van der Waals surface area contributed by atoms with Crippen molar-refractivity contribution in [1.82, 2.24) is 35.1 Å². The molecule has 0 radical (unpaired) electrons. The van der Waals surface area contributed by atoms with Gasteiger partial charge in [-0.25, -0.2) is 13.8 Å². The van der Waals surface area contributed by atoms with E-state index in [9.17, 15) is 27.9 Å². The predicted octanol–water partition coefficient (Wildman–Crippen LogP) is 7.52. The van der Waals surface area contributed by atoms with Crippen LogP contribution in [0.1, 0.15) is 99.8 Å². The summed E-state index contributed by atoms with van der Waals surface area (Å²) in [5.74, 6) is -2.62. The lowest BCUT2D eigenvalue weighted by atomic mass is 9.67. The van der Waals surface area contributed by atoms with Crippen molar-refractivity contribution in [3.8, 4) is 39.3 Å². The third kappa shape index (κ3) is 11.4. The molecule has 7 atom stereocenters. The summed E-state index contributed by atoms with van der Waals surface area (Å²) in [6.45, 7) is 12.9. The zero-order valence-corrected chi connectivity index (χ0v) is 49.2. The lowest BCUT2D eigenvalue weighted by molar-refractivity contribution is -0.156. The number of likely N-dealkylation sites (N-methyl/N-ethyl adjacent to an activating group) is 1. The van der Waals surface area contributed by atoms with E-state index in [4.69, 9.17) is 24.9 Å². The molecule has 2 aromatic heterocycles. The van der Waals surface area contributed by atoms with Crippen molar-refractivity contribution < 1.29 is 46.9 Å². The first-order valence-electron chi connectivity index (χ1n) is 29.0. The minimum Gasteiger partial charge on any atom is -0.508 e. The number of phenolic OH excluding ortho intramolecular Hbond substituents is 1. The van der Waals surface area contributed by atoms with E-state index >= 15 is 4.79 Å². The molecule has 4 aliphatic heterocycles. The van der Waals surface area contributed by atoms with Crippen LogP contribution in [0.25, 0.3) is 44.4 Å². The Bertz CT molecular complexity index is 3570. The maximum absolute atomic E-state index is 15.1. The number of methoxy groups -OCH3 is 1. The van der Waals surface area contributed by atoms with Crippen molar-refractivity contribution in [2.75, 3.05) is 64.2 Å². The number of esters is 1. The Morgan fingerprint density at radius 3 is 2.39 bits per heavy atom. The number of pyridine rings is 1. The van der Waals surface area contributed by atoms with E-state index in [0.717, 1.165) is 61.2 Å². The Labute approximate surface area is 485 Å². The maximum atomic E-state index is 15.1. The number of sulfone groups is 1. The van der Waals surface area contributed by atoms with E-state index in [-0.39, 0.29) is 54.6 Å². The van der Waals surface area contributed by atoms with Gasteiger partial charge in [-0.3, -0.25) is 34.1 Å². The molecule has 6 heterocycles. The second kappa shape index (κ2) is 23.1. The van der Waals surface area contributed by atoms with Crippen molar-refractivity contribution in [2.24, 2.45) is 11.3 Å². The molecule has 83 heavy (non-hydrogen) atoms. The molecule has 5 aliphatic rings. The summed E-state index contributed by atoms with van der Waals surface area (Å²) in [6.07, 6.45) is 1.92. The normalized spacial score (nSPS) is 23.7. The largest absolute Gasteiger partial charge is 0.508 e. The van der Waals surface area contributed by atoms with E-state index in [1.54, 1.807) is 38.4 Å². The number of nitrogens with zero attached hydrogens (tertiary/aromatic N) is 5. The third-order valence-electron chi connectivity index (χ3n) is 17.8. The molecule has 3 fully saturated rings. The quantitative estimate of drug-likeness (QED) is 0.0727. The fourth-order valence-electron chi connectivity index (χ4n) is 13.5. The van der Waals surface area contributed by atoms with Crippen LogP contribution in [0.4, 0.5) is 5.69 Å². The molecule has 6 bridgehead atoms. The lowest BCUT2D eigenvalue weighted by Crippen LogP contribution is -2.62. The highest BCUT2D eigenvalue weighted by Gasteiger charge is 2.48. The minimum atomic E-state index is -2.99. The smallest absolute Gasteiger partial charge is 0.324 e. The average Bonchev–Trinajstić information content (AvgIpc) is 1.87. The van der Waals surface area contributed by atoms with Gasteiger partial charge >= 0.3 is 5.97 Å². The van der Waals surface area contributed by atoms with Crippen molar-refractivity contribution in [3.63, 3.8) is 0 Å². The number of aromatic hydroxyl groups is 1. The van der Waals surface area contributed by atoms with Crippen LogP contribution < -0.4 is 16.5 Å². The first kappa shape index (κ1) is 57.6. The summed E-state index contributed by atoms with van der Waals surface area (Å²) in [4.78, 5) is 67.6. The number of anilines is 1. The number of aryl methyl sites for hydroxylation is 1. The topological polar surface area (TPSA) is 228 Å². The molecule has 0 spiro atoms. The van der Waals surface area contributed by atoms with Crippen molar-refractivity contribution >= 4 is 50.1 Å². The second-order valence-electron chi connectivity index (χ2n) is 24.2. The minimum absolute atomic E-state index is 0.00251. The first-order chi connectivity index (χ1) is 39.7. The molecular weight excluding hydrogens is 1070 g/mol. The number of benzene rings is 4. The molecular formula is C64H76N8O10S. The lowest BCUT2D eigenvalue weighted by Gasteiger charge is -2.42. The number of hydrogen-bond acceptors (Lipinski definition) is 14. The van der Waals surface area contributed by atoms with Gasteiger partial charge in [0.05, 0.1) is 29.5 Å². The second-order valence-corrected chi connectivity index (χ2v) is 26.5. The van der Waals surface area contributed by atoms with Crippen LogP contribution in [0.5, 0.6) is 5.75 Å². The van der Waals surface area contributed by atoms with Gasteiger partial charge in [0, 0.05) is 111 Å². The molecule has 11 rings (SSSR count). The number of carbonyl (C=O) groups excluding carboxylic acids is 4. The van der Waals surface area contributed by atoms with Crippen LogP contribution in [0.15, 0.2) is 97.2 Å². The fraction of sp³-hybridized carbons (Fsp3) is 0.453. The van der Waals surface area contributed by atoms with Gasteiger partial charge in [-0.2, -0.15) is 0 Å². The van der Waals surface area contributed by atoms with Crippen LogP contribution >= 0.6 is 0 Å². The van der Waals surface area contributed by atoms with Crippen LogP contribution in [0, 0.1) is 11.3 Å². The van der Waals surface area contributed by atoms with E-state index in [0.29, 0.717) is 68.9 Å². The summed E-state index contributed by atoms with van der Waals surface area (Å²) < 4.78 is 45.5. The standard InChI is InChI=1S/C64H76N8O10S/c1-8-71-52-20-17-42-32-48(52)53-54(59(80-7)55-49(57(53)71)33-44(34-66-55)40-13-11-38(12-14-40)35-70-23-26-83(78,79)27-24-70)64(4,5)36-82-63(77)50-10-9-22-72(68-50)61(75)51(30-39-28-43(42)31-46(73)29-39)67-60(74)56(37(2)3)69(6)62(76)58-47(21-25-81-58)41-15-18-45(65)19-16-41/h11-20,28-29,31-34,37,47,50-51,54,56,58-59,68,73H,8-10,21-27,30,35-36,65H2,1-7H3,(H,67,74)/t47-,50+,51+,54?,56+,58-,59+/m1/s1. The van der Waals surface area contributed by atoms with E-state index < -0.39 is 69.3 Å². The first-order valence-corrected chi connectivity index (χ1v) is 30.9. The number of nitrogens with one attached hydrogen (secondary N) is 2. The molecule has 3 saturated heterocycles. The summed E-state index contributed by atoms with van der Waals surface area (Å²) in [5, 5.41) is 17.0. The molecule has 1 aliphatic carbocycles. The molecule has 3 amide bonds. The summed E-state index contributed by atoms with van der Waals surface area (Å²) >= 11 is 0. The van der Waals surface area contributed by atoms with Crippen molar-refractivity contribution in [1.29, 1.82) is 0 Å². The van der Waals surface area contributed by atoms with Gasteiger partial charge in [-0.1, -0.05) is 76.2 Å². The number of aromatic nitrogens is 2. The Morgan fingerprint density at radius 2 is 1.67 bits per heavy atom. The Hall–Kier alpha value is -7.16. The van der Waals surface area contributed by atoms with Gasteiger partial charge in [-0.15, -0.1) is 0 Å². The Kier molecular flexibility index (Phi) is 16.1. The highest BCUT2D eigenvalue weighted by atomic mass is 32.2. The van der Waals surface area contributed by atoms with Gasteiger partial charge < -0.3 is 39.8 Å². The van der Waals surface area contributed by atoms with Crippen molar-refractivity contribution in [3.05, 3.63) is 125 Å². The molecule has 18 nitrogen and oxygen atoms in total. The van der Waals surface area contributed by atoms with Crippen LogP contribution in [-0.4, -0.2) is 144 Å². The van der Waals surface area contributed by atoms with Gasteiger partial charge in [0.15, 0.2) is 9.84 Å². The molecule has 5 N–H and O–H groups in total. The van der Waals surface area contributed by atoms with Gasteiger partial charge in [0.25, 0.3) is 11.8 Å². The number of phenols is 1. The molecule has 19 heteroatoms. The number of nitrogens with two attached hydrogens (primary N) is 1. The number of rotatable bonds is 11. The van der Waals surface area contributed by atoms with E-state index in [1.807, 2.05) is 44.3 Å². The highest BCUT2D eigenvalue weighted by molar-refractivity contribution is 7.91. The average molecular weight is 1150 g/mol. The number of carbonyl (C=O) groups is 4. The number of ether oxygens (including phenoxy) is 3. The summed E-state index contributed by atoms with van der Waals surface area (Å²) in [7, 11) is 0.296. The zero-order chi connectivity index (χ0) is 58.6. The Balaban J connectivity index is 0.966. The molecule has 0 saturated carbocycles. The van der Waals surface area contributed by atoms with E-state index in [1.165, 1.54) is 9.91 Å². The predicted molar refractivity (Wildman–Crippen MR) is 317 cm³/mol. The van der Waals surface area contributed by atoms with Crippen LogP contribution in [-0.2, 0) is 62.7 Å². The van der Waals surface area contributed by atoms with Crippen LogP contribution in [0.2, 0.25) is 0 Å². The number of hydrazine groups is 1. The highest BCUT2D eigenvalue weighted by Crippen LogP contribution is 2.57. The maximum Gasteiger partial charge on any atom is 0.324 e. The number of fused-ring (bicyclic) bond motifs is 8. The molecule has 1 unspecified atom stereocenters. The Morgan fingerprint density at radius 1 is 0.940 bits per heavy atom. The summed E-state index contributed by atoms with van der Waals surface area (Å²) in [6, 6.07) is 26.3. The van der Waals surface area contributed by atoms with Gasteiger partial charge in [0.2, 0.25) is 5.91 Å². The van der Waals surface area contributed by atoms with Gasteiger partial charge in [0.1, 0.15) is 36.1 Å². The molecule has 6 aromatic rings. The van der Waals surface area contributed by atoms with Gasteiger partial charge in [-0.05, 0) is 114 Å². The van der Waals surface area contributed by atoms with Crippen molar-refractivity contribution in [2.45, 2.75) is 116 Å². The van der Waals surface area contributed by atoms with E-state index in [2.05, 4.69) is 83.4 Å². The van der Waals surface area contributed by atoms with Crippen LogP contribution in [0.3, 0.4) is 0 Å². The molecule has 4 aromatic carbocycles. The molecule has 438 valence electrons. The fourth-order valence-corrected chi connectivity index (χ4v) is 14.7. The third-order valence-corrected chi connectivity index (χ3v) is 19.4. The number of cyclic esters (lactones) is 1. The monoisotopic (exact) mass is 1150 g/mol. The summed E-state index contributed by atoms with van der Waals surface area (Å²) in [5.41, 5.74) is 19.6. The number of nitrogen functional groups attached to an aromatic ring is 1. The zero-order valence-electron chi connectivity index (χ0n) is 48.4. The SMILES string of the molecule is CCn1c2c3c4cc(ccc41)-c1cc(O)cc(c1)C[C@H](NC(=O)[C@H](C(C)C)N(C)C(=O)[C@@H]1OCC[C@@H]1c1ccc(N)cc1)C(=O)N1CCC[C@H](N1)C(=O)OCC(C)(C)C3[C@H](OC)c1ncc(-c3ccc(CN4CCS(=O)(=O)CC4)cc3)cc1-2. The number of hydrogen-bond donors (Lipinski definition) is 4.